The highest BCUT2D eigenvalue weighted by molar-refractivity contribution is 6.36. The topological polar surface area (TPSA) is 83.5 Å². The number of rotatable bonds is 8. The molecule has 24 heavy (non-hydrogen) atoms. The van der Waals surface area contributed by atoms with Crippen molar-refractivity contribution >= 4 is 17.7 Å². The van der Waals surface area contributed by atoms with Crippen LogP contribution in [0.2, 0.25) is 0 Å². The minimum absolute atomic E-state index is 0.404. The molecule has 0 saturated carbocycles. The minimum atomic E-state index is -1.58. The zero-order valence-electron chi connectivity index (χ0n) is 13.2. The van der Waals surface area contributed by atoms with E-state index in [-0.39, 0.29) is 0 Å². The number of aliphatic carboxylic acids is 1. The lowest BCUT2D eigenvalue weighted by Crippen LogP contribution is -2.29. The SMILES string of the molecule is O=C(CC(=O)C(=O)O)NCCCc1cccc(-c2ccccc2)c1. The Bertz CT molecular complexity index is 725. The molecular formula is C19H19NO4. The number of hydrogen-bond donors (Lipinski definition) is 2. The molecule has 0 saturated heterocycles. The summed E-state index contributed by atoms with van der Waals surface area (Å²) in [5.74, 6) is -3.23. The molecule has 0 unspecified atom stereocenters. The quantitative estimate of drug-likeness (QED) is 0.444. The van der Waals surface area contributed by atoms with Crippen LogP contribution in [0.15, 0.2) is 54.6 Å². The van der Waals surface area contributed by atoms with E-state index in [4.69, 9.17) is 5.11 Å². The summed E-state index contributed by atoms with van der Waals surface area (Å²) in [6.07, 6.45) is 0.887. The number of ketones is 1. The summed E-state index contributed by atoms with van der Waals surface area (Å²) in [6, 6.07) is 18.3. The minimum Gasteiger partial charge on any atom is -0.475 e. The van der Waals surface area contributed by atoms with Gasteiger partial charge in [-0.15, -0.1) is 0 Å². The molecule has 0 bridgehead atoms. The Balaban J connectivity index is 1.80. The summed E-state index contributed by atoms with van der Waals surface area (Å²) >= 11 is 0. The first kappa shape index (κ1) is 17.4. The van der Waals surface area contributed by atoms with Crippen LogP contribution in [0.4, 0.5) is 0 Å². The molecule has 2 N–H and O–H groups in total. The van der Waals surface area contributed by atoms with Crippen LogP contribution in [0.5, 0.6) is 0 Å². The second-order valence-electron chi connectivity index (χ2n) is 5.43. The fraction of sp³-hybridized carbons (Fsp3) is 0.211. The van der Waals surface area contributed by atoms with Crippen LogP contribution >= 0.6 is 0 Å². The lowest BCUT2D eigenvalue weighted by atomic mass is 10.0. The van der Waals surface area contributed by atoms with Gasteiger partial charge >= 0.3 is 5.97 Å². The van der Waals surface area contributed by atoms with Crippen molar-refractivity contribution in [3.8, 4) is 11.1 Å². The normalized spacial score (nSPS) is 10.2. The molecule has 0 spiro atoms. The Kier molecular flexibility index (Phi) is 6.25. The molecule has 124 valence electrons. The van der Waals surface area contributed by atoms with Gasteiger partial charge in [0.1, 0.15) is 0 Å². The number of nitrogens with one attached hydrogen (secondary N) is 1. The van der Waals surface area contributed by atoms with Gasteiger partial charge in [-0.05, 0) is 29.5 Å². The van der Waals surface area contributed by atoms with Gasteiger partial charge in [0, 0.05) is 6.54 Å². The van der Waals surface area contributed by atoms with Gasteiger partial charge in [0.05, 0.1) is 6.42 Å². The molecule has 0 aromatic heterocycles. The number of benzene rings is 2. The molecular weight excluding hydrogens is 306 g/mol. The number of aryl methyl sites for hydroxylation is 1. The van der Waals surface area contributed by atoms with Crippen molar-refractivity contribution < 1.29 is 19.5 Å². The van der Waals surface area contributed by atoms with E-state index in [2.05, 4.69) is 29.6 Å². The highest BCUT2D eigenvalue weighted by atomic mass is 16.4. The lowest BCUT2D eigenvalue weighted by Gasteiger charge is -2.07. The number of carboxylic acids is 1. The smallest absolute Gasteiger partial charge is 0.372 e. The number of carbonyl (C=O) groups excluding carboxylic acids is 2. The first-order valence-corrected chi connectivity index (χ1v) is 7.73. The van der Waals surface area contributed by atoms with Gasteiger partial charge in [-0.25, -0.2) is 4.79 Å². The summed E-state index contributed by atoms with van der Waals surface area (Å²) in [5, 5.41) is 11.0. The second-order valence-corrected chi connectivity index (χ2v) is 5.43. The summed E-state index contributed by atoms with van der Waals surface area (Å²) in [6.45, 7) is 0.404. The van der Waals surface area contributed by atoms with Crippen LogP contribution in [0.1, 0.15) is 18.4 Å². The van der Waals surface area contributed by atoms with Crippen molar-refractivity contribution in [1.29, 1.82) is 0 Å². The van der Waals surface area contributed by atoms with Gasteiger partial charge < -0.3 is 10.4 Å². The highest BCUT2D eigenvalue weighted by Crippen LogP contribution is 2.20. The largest absolute Gasteiger partial charge is 0.475 e. The predicted molar refractivity (Wildman–Crippen MR) is 90.5 cm³/mol. The average molecular weight is 325 g/mol. The van der Waals surface area contributed by atoms with E-state index in [1.165, 1.54) is 0 Å². The molecule has 0 heterocycles. The molecule has 0 radical (unpaired) electrons. The van der Waals surface area contributed by atoms with Gasteiger partial charge in [0.15, 0.2) is 0 Å². The standard InChI is InChI=1S/C19H19NO4/c21-17(19(23)24)13-18(22)20-11-5-7-14-6-4-10-16(12-14)15-8-2-1-3-9-15/h1-4,6,8-10,12H,5,7,11,13H2,(H,20,22)(H,23,24). The maximum atomic E-state index is 11.4. The Labute approximate surface area is 140 Å². The number of Topliss-reactive ketones (excluding diaryl/α,β-unsaturated/α-hetero) is 1. The molecule has 2 aromatic carbocycles. The van der Waals surface area contributed by atoms with E-state index in [9.17, 15) is 14.4 Å². The third-order valence-corrected chi connectivity index (χ3v) is 3.56. The van der Waals surface area contributed by atoms with E-state index in [0.717, 1.165) is 23.1 Å². The van der Waals surface area contributed by atoms with Crippen LogP contribution in [-0.2, 0) is 20.8 Å². The van der Waals surface area contributed by atoms with E-state index < -0.39 is 24.1 Å². The van der Waals surface area contributed by atoms with Gasteiger partial charge in [-0.2, -0.15) is 0 Å². The molecule has 2 rings (SSSR count). The average Bonchev–Trinajstić information content (AvgIpc) is 2.59. The Morgan fingerprint density at radius 3 is 2.33 bits per heavy atom. The molecule has 5 nitrogen and oxygen atoms in total. The van der Waals surface area contributed by atoms with E-state index in [0.29, 0.717) is 13.0 Å². The van der Waals surface area contributed by atoms with Crippen LogP contribution in [-0.4, -0.2) is 29.3 Å². The van der Waals surface area contributed by atoms with Gasteiger partial charge in [-0.3, -0.25) is 9.59 Å². The zero-order valence-corrected chi connectivity index (χ0v) is 13.2. The third-order valence-electron chi connectivity index (χ3n) is 3.56. The fourth-order valence-corrected chi connectivity index (χ4v) is 2.34. The molecule has 0 atom stereocenters. The second kappa shape index (κ2) is 8.62. The number of amides is 1. The first-order valence-electron chi connectivity index (χ1n) is 7.73. The van der Waals surface area contributed by atoms with Gasteiger partial charge in [0.25, 0.3) is 0 Å². The summed E-state index contributed by atoms with van der Waals surface area (Å²) < 4.78 is 0. The fourth-order valence-electron chi connectivity index (χ4n) is 2.34. The van der Waals surface area contributed by atoms with Gasteiger partial charge in [-0.1, -0.05) is 54.6 Å². The van der Waals surface area contributed by atoms with Crippen molar-refractivity contribution in [3.63, 3.8) is 0 Å². The zero-order chi connectivity index (χ0) is 17.4. The van der Waals surface area contributed by atoms with Crippen molar-refractivity contribution in [2.45, 2.75) is 19.3 Å². The van der Waals surface area contributed by atoms with E-state index in [1.807, 2.05) is 30.3 Å². The van der Waals surface area contributed by atoms with Gasteiger partial charge in [0.2, 0.25) is 11.7 Å². The maximum absolute atomic E-state index is 11.4. The van der Waals surface area contributed by atoms with Crippen molar-refractivity contribution in [3.05, 3.63) is 60.2 Å². The van der Waals surface area contributed by atoms with Crippen molar-refractivity contribution in [1.82, 2.24) is 5.32 Å². The monoisotopic (exact) mass is 325 g/mol. The van der Waals surface area contributed by atoms with Crippen LogP contribution in [0, 0.1) is 0 Å². The lowest BCUT2D eigenvalue weighted by molar-refractivity contribution is -0.150. The van der Waals surface area contributed by atoms with Crippen LogP contribution in [0.25, 0.3) is 11.1 Å². The molecule has 0 aliphatic carbocycles. The van der Waals surface area contributed by atoms with E-state index in [1.54, 1.807) is 0 Å². The Hall–Kier alpha value is -2.95. The molecule has 0 aliphatic heterocycles. The molecule has 0 aliphatic rings. The summed E-state index contributed by atoms with van der Waals surface area (Å²) in [4.78, 5) is 32.7. The number of carboxylic acid groups (broad SMARTS) is 1. The van der Waals surface area contributed by atoms with Crippen LogP contribution < -0.4 is 5.32 Å². The van der Waals surface area contributed by atoms with Crippen molar-refractivity contribution in [2.24, 2.45) is 0 Å². The first-order chi connectivity index (χ1) is 11.6. The molecule has 0 fully saturated rings. The summed E-state index contributed by atoms with van der Waals surface area (Å²) in [5.41, 5.74) is 3.45. The highest BCUT2D eigenvalue weighted by Gasteiger charge is 2.15. The molecule has 5 heteroatoms. The molecule has 1 amide bonds. The predicted octanol–water partition coefficient (Wildman–Crippen LogP) is 2.45. The van der Waals surface area contributed by atoms with E-state index >= 15 is 0 Å². The van der Waals surface area contributed by atoms with Crippen molar-refractivity contribution in [2.75, 3.05) is 6.54 Å². The Morgan fingerprint density at radius 1 is 0.917 bits per heavy atom. The molecule has 2 aromatic rings. The third kappa shape index (κ3) is 5.35. The number of hydrogen-bond acceptors (Lipinski definition) is 3. The maximum Gasteiger partial charge on any atom is 0.372 e. The Morgan fingerprint density at radius 2 is 1.62 bits per heavy atom. The van der Waals surface area contributed by atoms with Crippen LogP contribution in [0.3, 0.4) is 0 Å². The summed E-state index contributed by atoms with van der Waals surface area (Å²) in [7, 11) is 0. The number of carbonyl (C=O) groups is 3.